The molecule has 2 aliphatic heterocycles. The quantitative estimate of drug-likeness (QED) is 0.499. The molecule has 0 bridgehead atoms. The Bertz CT molecular complexity index is 1430. The van der Waals surface area contributed by atoms with E-state index in [9.17, 15) is 18.3 Å². The van der Waals surface area contributed by atoms with E-state index in [1.807, 2.05) is 32.2 Å². The van der Waals surface area contributed by atoms with Crippen LogP contribution in [0.3, 0.4) is 0 Å². The first-order valence-electron chi connectivity index (χ1n) is 13.1. The number of aliphatic hydroxyl groups excluding tert-OH is 1. The van der Waals surface area contributed by atoms with Gasteiger partial charge in [0.15, 0.2) is 0 Å². The zero-order valence-electron chi connectivity index (χ0n) is 22.2. The van der Waals surface area contributed by atoms with Crippen molar-refractivity contribution < 1.29 is 23.1 Å². The van der Waals surface area contributed by atoms with E-state index in [0.717, 1.165) is 34.3 Å². The number of hydrogen-bond donors (Lipinski definition) is 2. The number of piperidine rings is 1. The molecule has 2 N–H and O–H groups in total. The van der Waals surface area contributed by atoms with E-state index >= 15 is 0 Å². The van der Waals surface area contributed by atoms with Crippen LogP contribution in [0.2, 0.25) is 0 Å². The summed E-state index contributed by atoms with van der Waals surface area (Å²) in [7, 11) is -0.0322. The number of aryl methyl sites for hydroxylation is 1. The molecule has 0 aliphatic carbocycles. The summed E-state index contributed by atoms with van der Waals surface area (Å²) < 4.78 is 35.9. The van der Waals surface area contributed by atoms with Crippen LogP contribution in [0.15, 0.2) is 53.4 Å². The van der Waals surface area contributed by atoms with Crippen molar-refractivity contribution in [1.82, 2.24) is 19.1 Å². The van der Waals surface area contributed by atoms with Gasteiger partial charge in [-0.15, -0.1) is 0 Å². The lowest BCUT2D eigenvalue weighted by atomic mass is 9.68. The minimum absolute atomic E-state index is 0.210. The average Bonchev–Trinajstić information content (AvgIpc) is 3.24. The number of aliphatic hydroxyl groups is 1. The highest BCUT2D eigenvalue weighted by Crippen LogP contribution is 2.50. The molecule has 0 saturated carbocycles. The SMILES string of the molecule is CCCNC(=O)N1CC2(CCN(S(=O)(=O)c3ccccc3)CC2)c2c(n(C)c3cc(OC)ccc23)[C@H]1CO. The highest BCUT2D eigenvalue weighted by molar-refractivity contribution is 7.89. The molecule has 0 radical (unpaired) electrons. The molecule has 9 nitrogen and oxygen atoms in total. The van der Waals surface area contributed by atoms with Gasteiger partial charge in [-0.25, -0.2) is 13.2 Å². The van der Waals surface area contributed by atoms with Gasteiger partial charge in [0.1, 0.15) is 5.75 Å². The highest BCUT2D eigenvalue weighted by Gasteiger charge is 2.50. The van der Waals surface area contributed by atoms with Crippen molar-refractivity contribution in [3.05, 3.63) is 59.8 Å². The van der Waals surface area contributed by atoms with Crippen LogP contribution in [0, 0.1) is 0 Å². The van der Waals surface area contributed by atoms with Gasteiger partial charge in [-0.3, -0.25) is 0 Å². The van der Waals surface area contributed by atoms with Gasteiger partial charge in [-0.2, -0.15) is 4.31 Å². The smallest absolute Gasteiger partial charge is 0.318 e. The highest BCUT2D eigenvalue weighted by atomic mass is 32.2. The Hall–Kier alpha value is -3.08. The van der Waals surface area contributed by atoms with Gasteiger partial charge in [-0.1, -0.05) is 25.1 Å². The molecule has 1 aromatic heterocycles. The van der Waals surface area contributed by atoms with Gasteiger partial charge in [0.05, 0.1) is 30.2 Å². The van der Waals surface area contributed by atoms with Gasteiger partial charge in [0, 0.05) is 55.8 Å². The number of urea groups is 1. The fourth-order valence-electron chi connectivity index (χ4n) is 6.21. The summed E-state index contributed by atoms with van der Waals surface area (Å²) in [6.07, 6.45) is 1.93. The third-order valence-electron chi connectivity index (χ3n) is 8.17. The standard InChI is InChI=1S/C28H36N4O5S/c1-4-14-29-27(34)32-19-28(12-15-31(16-13-28)38(35,36)21-8-6-5-7-9-21)25-22-11-10-20(37-3)17-23(22)30(2)26(25)24(32)18-33/h5-11,17,24,33H,4,12-16,18-19H2,1-3H3,(H,29,34)/t24-/m1/s1. The Morgan fingerprint density at radius 2 is 1.87 bits per heavy atom. The molecule has 1 saturated heterocycles. The van der Waals surface area contributed by atoms with E-state index in [1.165, 1.54) is 0 Å². The summed E-state index contributed by atoms with van der Waals surface area (Å²) in [4.78, 5) is 15.4. The maximum atomic E-state index is 13.4. The van der Waals surface area contributed by atoms with Crippen LogP contribution in [0.1, 0.15) is 43.5 Å². The van der Waals surface area contributed by atoms with E-state index in [2.05, 4.69) is 9.88 Å². The number of sulfonamides is 1. The number of methoxy groups -OCH3 is 1. The summed E-state index contributed by atoms with van der Waals surface area (Å²) in [5.74, 6) is 0.728. The predicted molar refractivity (Wildman–Crippen MR) is 146 cm³/mol. The molecule has 3 aromatic rings. The maximum absolute atomic E-state index is 13.4. The number of fused-ring (bicyclic) bond motifs is 4. The van der Waals surface area contributed by atoms with E-state index in [0.29, 0.717) is 43.9 Å². The summed E-state index contributed by atoms with van der Waals surface area (Å²) in [5.41, 5.74) is 2.50. The number of rotatable bonds is 6. The molecule has 2 amide bonds. The minimum atomic E-state index is -3.62. The molecule has 2 aromatic carbocycles. The monoisotopic (exact) mass is 540 g/mol. The largest absolute Gasteiger partial charge is 0.497 e. The lowest BCUT2D eigenvalue weighted by molar-refractivity contribution is 0.0784. The predicted octanol–water partition coefficient (Wildman–Crippen LogP) is 3.38. The van der Waals surface area contributed by atoms with Gasteiger partial charge < -0.3 is 24.6 Å². The topological polar surface area (TPSA) is 104 Å². The zero-order chi connectivity index (χ0) is 27.1. The maximum Gasteiger partial charge on any atom is 0.318 e. The van der Waals surface area contributed by atoms with Crippen molar-refractivity contribution in [3.8, 4) is 5.75 Å². The lowest BCUT2D eigenvalue weighted by Gasteiger charge is -2.50. The van der Waals surface area contributed by atoms with Gasteiger partial charge in [0.2, 0.25) is 10.0 Å². The molecule has 1 atom stereocenters. The third-order valence-corrected chi connectivity index (χ3v) is 10.1. The van der Waals surface area contributed by atoms with Gasteiger partial charge in [0.25, 0.3) is 0 Å². The molecule has 1 spiro atoms. The fraction of sp³-hybridized carbons (Fsp3) is 0.464. The molecule has 2 aliphatic rings. The summed E-state index contributed by atoms with van der Waals surface area (Å²) >= 11 is 0. The van der Waals surface area contributed by atoms with Crippen LogP contribution in [0.25, 0.3) is 10.9 Å². The van der Waals surface area contributed by atoms with Crippen LogP contribution in [0.5, 0.6) is 5.75 Å². The van der Waals surface area contributed by atoms with Crippen molar-refractivity contribution in [1.29, 1.82) is 0 Å². The number of amides is 2. The molecule has 3 heterocycles. The molecular weight excluding hydrogens is 504 g/mol. The number of carbonyl (C=O) groups excluding carboxylic acids is 1. The number of nitrogens with zero attached hydrogens (tertiary/aromatic N) is 3. The first-order valence-corrected chi connectivity index (χ1v) is 14.6. The second-order valence-electron chi connectivity index (χ2n) is 10.3. The Labute approximate surface area is 224 Å². The molecular formula is C28H36N4O5S. The van der Waals surface area contributed by atoms with Gasteiger partial charge >= 0.3 is 6.03 Å². The lowest BCUT2D eigenvalue weighted by Crippen LogP contribution is -2.57. The van der Waals surface area contributed by atoms with Gasteiger partial charge in [-0.05, 0) is 49.1 Å². The molecule has 1 fully saturated rings. The Kier molecular flexibility index (Phi) is 7.15. The van der Waals surface area contributed by atoms with E-state index in [4.69, 9.17) is 4.74 Å². The minimum Gasteiger partial charge on any atom is -0.497 e. The van der Waals surface area contributed by atoms with E-state index in [1.54, 1.807) is 46.6 Å². The number of hydrogen-bond acceptors (Lipinski definition) is 5. The number of nitrogens with one attached hydrogen (secondary N) is 1. The van der Waals surface area contributed by atoms with E-state index in [-0.39, 0.29) is 12.6 Å². The summed E-state index contributed by atoms with van der Waals surface area (Å²) in [6.45, 7) is 3.43. The Balaban J connectivity index is 1.60. The first kappa shape index (κ1) is 26.5. The first-order chi connectivity index (χ1) is 18.3. The van der Waals surface area contributed by atoms with Crippen molar-refractivity contribution in [2.24, 2.45) is 7.05 Å². The Morgan fingerprint density at radius 3 is 2.50 bits per heavy atom. The van der Waals surface area contributed by atoms with Crippen LogP contribution in [-0.4, -0.2) is 73.2 Å². The van der Waals surface area contributed by atoms with Crippen LogP contribution < -0.4 is 10.1 Å². The normalized spacial score (nSPS) is 19.5. The third kappa shape index (κ3) is 4.24. The molecule has 10 heteroatoms. The molecule has 0 unspecified atom stereocenters. The van der Waals surface area contributed by atoms with Crippen molar-refractivity contribution >= 4 is 27.0 Å². The zero-order valence-corrected chi connectivity index (χ0v) is 23.0. The number of carbonyl (C=O) groups is 1. The number of aromatic nitrogens is 1. The molecule has 5 rings (SSSR count). The number of benzene rings is 2. The Morgan fingerprint density at radius 1 is 1.16 bits per heavy atom. The molecule has 38 heavy (non-hydrogen) atoms. The fourth-order valence-corrected chi connectivity index (χ4v) is 7.67. The summed E-state index contributed by atoms with van der Waals surface area (Å²) in [6, 6.07) is 13.8. The van der Waals surface area contributed by atoms with E-state index < -0.39 is 21.5 Å². The second-order valence-corrected chi connectivity index (χ2v) is 12.2. The molecule has 204 valence electrons. The van der Waals surface area contributed by atoms with Crippen molar-refractivity contribution in [3.63, 3.8) is 0 Å². The van der Waals surface area contributed by atoms with Crippen LogP contribution in [-0.2, 0) is 22.5 Å². The van der Waals surface area contributed by atoms with Crippen molar-refractivity contribution in [2.75, 3.05) is 39.9 Å². The number of ether oxygens (including phenoxy) is 1. The average molecular weight is 541 g/mol. The van der Waals surface area contributed by atoms with Crippen LogP contribution in [0.4, 0.5) is 4.79 Å². The summed E-state index contributed by atoms with van der Waals surface area (Å²) in [5, 5.41) is 14.6. The second kappa shape index (κ2) is 10.2. The van der Waals surface area contributed by atoms with Crippen molar-refractivity contribution in [2.45, 2.75) is 42.5 Å². The van der Waals surface area contributed by atoms with Crippen LogP contribution >= 0.6 is 0 Å².